The van der Waals surface area contributed by atoms with Crippen LogP contribution < -0.4 is 10.1 Å². The largest absolute Gasteiger partial charge is 0.508 e. The van der Waals surface area contributed by atoms with Crippen LogP contribution in [0.3, 0.4) is 0 Å². The van der Waals surface area contributed by atoms with Gasteiger partial charge in [-0.15, -0.1) is 0 Å². The molecule has 1 heterocycles. The Kier molecular flexibility index (Phi) is 5.05. The molecule has 0 aromatic heterocycles. The standard InChI is InChI=1S/C15H23NO3/c1-3-15-11(6-7-19-15)9-16-10-12-8-13(18-2)4-5-14(12)17/h4-5,8,11,15-17H,3,6-7,9-10H2,1-2H3. The Balaban J connectivity index is 1.85. The van der Waals surface area contributed by atoms with Crippen molar-refractivity contribution in [1.82, 2.24) is 5.32 Å². The fourth-order valence-electron chi connectivity index (χ4n) is 2.60. The quantitative estimate of drug-likeness (QED) is 0.828. The average Bonchev–Trinajstić information content (AvgIpc) is 2.88. The monoisotopic (exact) mass is 265 g/mol. The predicted molar refractivity (Wildman–Crippen MR) is 74.5 cm³/mol. The van der Waals surface area contributed by atoms with E-state index >= 15 is 0 Å². The molecule has 106 valence electrons. The van der Waals surface area contributed by atoms with Crippen molar-refractivity contribution in [2.75, 3.05) is 20.3 Å². The molecule has 0 bridgehead atoms. The zero-order chi connectivity index (χ0) is 13.7. The lowest BCUT2D eigenvalue weighted by atomic mass is 9.99. The van der Waals surface area contributed by atoms with Crippen molar-refractivity contribution < 1.29 is 14.6 Å². The smallest absolute Gasteiger partial charge is 0.120 e. The van der Waals surface area contributed by atoms with Crippen molar-refractivity contribution in [2.45, 2.75) is 32.4 Å². The number of ether oxygens (including phenoxy) is 2. The number of hydrogen-bond donors (Lipinski definition) is 2. The van der Waals surface area contributed by atoms with Crippen LogP contribution in [-0.4, -0.2) is 31.5 Å². The Morgan fingerprint density at radius 3 is 3.05 bits per heavy atom. The Labute approximate surface area is 114 Å². The molecule has 0 spiro atoms. The Morgan fingerprint density at radius 1 is 1.47 bits per heavy atom. The van der Waals surface area contributed by atoms with E-state index in [0.29, 0.717) is 24.3 Å². The maximum absolute atomic E-state index is 9.80. The molecule has 0 saturated carbocycles. The number of nitrogens with one attached hydrogen (secondary N) is 1. The summed E-state index contributed by atoms with van der Waals surface area (Å²) in [5.41, 5.74) is 0.867. The van der Waals surface area contributed by atoms with Crippen molar-refractivity contribution in [3.05, 3.63) is 23.8 Å². The van der Waals surface area contributed by atoms with E-state index < -0.39 is 0 Å². The lowest BCUT2D eigenvalue weighted by Crippen LogP contribution is -2.27. The van der Waals surface area contributed by atoms with Crippen LogP contribution in [-0.2, 0) is 11.3 Å². The van der Waals surface area contributed by atoms with E-state index in [1.165, 1.54) is 0 Å². The summed E-state index contributed by atoms with van der Waals surface area (Å²) in [5, 5.41) is 13.2. The molecule has 1 aliphatic rings. The molecule has 2 unspecified atom stereocenters. The van der Waals surface area contributed by atoms with Crippen molar-refractivity contribution in [2.24, 2.45) is 5.92 Å². The number of aromatic hydroxyl groups is 1. The van der Waals surface area contributed by atoms with Crippen molar-refractivity contribution in [1.29, 1.82) is 0 Å². The first-order chi connectivity index (χ1) is 9.24. The zero-order valence-corrected chi connectivity index (χ0v) is 11.7. The van der Waals surface area contributed by atoms with Gasteiger partial charge in [0, 0.05) is 25.3 Å². The highest BCUT2D eigenvalue weighted by atomic mass is 16.5. The molecule has 0 amide bonds. The third-order valence-corrected chi connectivity index (χ3v) is 3.76. The Bertz CT molecular complexity index is 408. The van der Waals surface area contributed by atoms with Crippen LogP contribution in [0.1, 0.15) is 25.3 Å². The SMILES string of the molecule is CCC1OCCC1CNCc1cc(OC)ccc1O. The van der Waals surface area contributed by atoms with Gasteiger partial charge in [-0.1, -0.05) is 6.92 Å². The highest BCUT2D eigenvalue weighted by Crippen LogP contribution is 2.24. The number of benzene rings is 1. The molecule has 1 aromatic rings. The van der Waals surface area contributed by atoms with E-state index in [1.54, 1.807) is 19.2 Å². The lowest BCUT2D eigenvalue weighted by molar-refractivity contribution is 0.0872. The third-order valence-electron chi connectivity index (χ3n) is 3.76. The molecule has 1 saturated heterocycles. The van der Waals surface area contributed by atoms with Gasteiger partial charge in [0.2, 0.25) is 0 Å². The minimum Gasteiger partial charge on any atom is -0.508 e. The number of hydrogen-bond acceptors (Lipinski definition) is 4. The fraction of sp³-hybridized carbons (Fsp3) is 0.600. The van der Waals surface area contributed by atoms with E-state index in [-0.39, 0.29) is 0 Å². The van der Waals surface area contributed by atoms with Gasteiger partial charge >= 0.3 is 0 Å². The van der Waals surface area contributed by atoms with E-state index in [9.17, 15) is 5.11 Å². The summed E-state index contributed by atoms with van der Waals surface area (Å²) in [6.07, 6.45) is 2.57. The van der Waals surface area contributed by atoms with E-state index in [1.807, 2.05) is 6.07 Å². The van der Waals surface area contributed by atoms with Gasteiger partial charge in [-0.3, -0.25) is 0 Å². The van der Waals surface area contributed by atoms with Gasteiger partial charge in [-0.2, -0.15) is 0 Å². The maximum Gasteiger partial charge on any atom is 0.120 e. The third kappa shape index (κ3) is 3.61. The van der Waals surface area contributed by atoms with Gasteiger partial charge in [0.1, 0.15) is 11.5 Å². The second-order valence-corrected chi connectivity index (χ2v) is 4.99. The average molecular weight is 265 g/mol. The molecule has 1 aliphatic heterocycles. The molecule has 0 aliphatic carbocycles. The number of methoxy groups -OCH3 is 1. The van der Waals surface area contributed by atoms with E-state index in [0.717, 1.165) is 37.3 Å². The first-order valence-electron chi connectivity index (χ1n) is 6.92. The topological polar surface area (TPSA) is 50.7 Å². The molecule has 2 N–H and O–H groups in total. The van der Waals surface area contributed by atoms with Crippen molar-refractivity contribution in [3.8, 4) is 11.5 Å². The summed E-state index contributed by atoms with van der Waals surface area (Å²) in [7, 11) is 1.63. The Hall–Kier alpha value is -1.26. The van der Waals surface area contributed by atoms with Crippen molar-refractivity contribution in [3.63, 3.8) is 0 Å². The molecule has 0 radical (unpaired) electrons. The summed E-state index contributed by atoms with van der Waals surface area (Å²) in [6, 6.07) is 5.30. The first-order valence-corrected chi connectivity index (χ1v) is 6.92. The molecule has 4 nitrogen and oxygen atoms in total. The molecular formula is C15H23NO3. The minimum absolute atomic E-state index is 0.308. The van der Waals surface area contributed by atoms with Crippen LogP contribution in [0.2, 0.25) is 0 Å². The molecule has 4 heteroatoms. The van der Waals surface area contributed by atoms with Crippen LogP contribution >= 0.6 is 0 Å². The normalized spacial score (nSPS) is 22.6. The molecule has 2 atom stereocenters. The first kappa shape index (κ1) is 14.2. The van der Waals surface area contributed by atoms with Crippen LogP contribution in [0.25, 0.3) is 0 Å². The fourth-order valence-corrected chi connectivity index (χ4v) is 2.60. The van der Waals surface area contributed by atoms with Crippen molar-refractivity contribution >= 4 is 0 Å². The Morgan fingerprint density at radius 2 is 2.32 bits per heavy atom. The van der Waals surface area contributed by atoms with E-state index in [2.05, 4.69) is 12.2 Å². The van der Waals surface area contributed by atoms with Crippen LogP contribution in [0, 0.1) is 5.92 Å². The second-order valence-electron chi connectivity index (χ2n) is 4.99. The van der Waals surface area contributed by atoms with Crippen LogP contribution in [0.5, 0.6) is 11.5 Å². The summed E-state index contributed by atoms with van der Waals surface area (Å²) >= 11 is 0. The summed E-state index contributed by atoms with van der Waals surface area (Å²) in [4.78, 5) is 0. The predicted octanol–water partition coefficient (Wildman–Crippen LogP) is 2.31. The van der Waals surface area contributed by atoms with Gasteiger partial charge in [0.15, 0.2) is 0 Å². The van der Waals surface area contributed by atoms with Gasteiger partial charge in [0.05, 0.1) is 13.2 Å². The summed E-state index contributed by atoms with van der Waals surface area (Å²) in [5.74, 6) is 1.66. The highest BCUT2D eigenvalue weighted by Gasteiger charge is 2.25. The second kappa shape index (κ2) is 6.78. The van der Waals surface area contributed by atoms with Crippen LogP contribution in [0.15, 0.2) is 18.2 Å². The summed E-state index contributed by atoms with van der Waals surface area (Å²) in [6.45, 7) is 4.61. The lowest BCUT2D eigenvalue weighted by Gasteiger charge is -2.17. The highest BCUT2D eigenvalue weighted by molar-refractivity contribution is 5.39. The molecule has 1 aromatic carbocycles. The van der Waals surface area contributed by atoms with E-state index in [4.69, 9.17) is 9.47 Å². The van der Waals surface area contributed by atoms with Crippen LogP contribution in [0.4, 0.5) is 0 Å². The molecule has 2 rings (SSSR count). The molecule has 1 fully saturated rings. The molecular weight excluding hydrogens is 242 g/mol. The summed E-state index contributed by atoms with van der Waals surface area (Å²) < 4.78 is 10.8. The maximum atomic E-state index is 9.80. The minimum atomic E-state index is 0.308. The van der Waals surface area contributed by atoms with Gasteiger partial charge < -0.3 is 19.9 Å². The zero-order valence-electron chi connectivity index (χ0n) is 11.7. The van der Waals surface area contributed by atoms with Gasteiger partial charge in [-0.05, 0) is 37.0 Å². The van der Waals surface area contributed by atoms with Gasteiger partial charge in [0.25, 0.3) is 0 Å². The van der Waals surface area contributed by atoms with Gasteiger partial charge in [-0.25, -0.2) is 0 Å². The molecule has 19 heavy (non-hydrogen) atoms. The number of phenolic OH excluding ortho intramolecular Hbond substituents is 1. The number of rotatable bonds is 6. The number of phenols is 1.